The molecule has 2 aromatic rings. The Hall–Kier alpha value is -2.56. The van der Waals surface area contributed by atoms with Crippen LogP contribution < -0.4 is 15.6 Å². The molecule has 0 aliphatic heterocycles. The molecule has 1 aromatic heterocycles. The van der Waals surface area contributed by atoms with E-state index in [1.165, 1.54) is 30.0 Å². The SMILES string of the molecule is CNC(=O)c1ccc(=O)n(-c2ccccc2OC)c1. The van der Waals surface area contributed by atoms with E-state index in [1.54, 1.807) is 25.2 Å². The standard InChI is InChI=1S/C14H14N2O3/c1-15-14(18)10-7-8-13(17)16(9-10)11-5-3-4-6-12(11)19-2/h3-9H,1-2H3,(H,15,18). The summed E-state index contributed by atoms with van der Waals surface area (Å²) in [6.45, 7) is 0. The van der Waals surface area contributed by atoms with Gasteiger partial charge in [-0.2, -0.15) is 0 Å². The zero-order valence-electron chi connectivity index (χ0n) is 10.7. The highest BCUT2D eigenvalue weighted by atomic mass is 16.5. The third-order valence-electron chi connectivity index (χ3n) is 2.75. The van der Waals surface area contributed by atoms with E-state index in [4.69, 9.17) is 4.74 Å². The van der Waals surface area contributed by atoms with Crippen molar-refractivity contribution in [2.45, 2.75) is 0 Å². The Bertz CT molecular complexity index is 662. The Labute approximate surface area is 110 Å². The van der Waals surface area contributed by atoms with Gasteiger partial charge in [0.2, 0.25) is 0 Å². The number of hydrogen-bond donors (Lipinski definition) is 1. The van der Waals surface area contributed by atoms with Crippen LogP contribution in [0.25, 0.3) is 5.69 Å². The van der Waals surface area contributed by atoms with Crippen molar-refractivity contribution in [3.8, 4) is 11.4 Å². The maximum absolute atomic E-state index is 11.9. The number of pyridine rings is 1. The predicted molar refractivity (Wildman–Crippen MR) is 72.0 cm³/mol. The van der Waals surface area contributed by atoms with Crippen molar-refractivity contribution in [2.75, 3.05) is 14.2 Å². The summed E-state index contributed by atoms with van der Waals surface area (Å²) in [6, 6.07) is 9.99. The molecule has 0 saturated carbocycles. The Morgan fingerprint density at radius 1 is 1.21 bits per heavy atom. The fourth-order valence-corrected chi connectivity index (χ4v) is 1.78. The number of nitrogens with one attached hydrogen (secondary N) is 1. The van der Waals surface area contributed by atoms with Crippen molar-refractivity contribution in [1.29, 1.82) is 0 Å². The number of carbonyl (C=O) groups excluding carboxylic acids is 1. The second kappa shape index (κ2) is 5.39. The summed E-state index contributed by atoms with van der Waals surface area (Å²) in [6.07, 6.45) is 1.50. The minimum Gasteiger partial charge on any atom is -0.495 e. The summed E-state index contributed by atoms with van der Waals surface area (Å²) in [7, 11) is 3.08. The quantitative estimate of drug-likeness (QED) is 0.900. The number of ether oxygens (including phenoxy) is 1. The minimum absolute atomic E-state index is 0.225. The second-order valence-corrected chi connectivity index (χ2v) is 3.88. The van der Waals surface area contributed by atoms with E-state index in [0.717, 1.165) is 0 Å². The molecule has 0 fully saturated rings. The van der Waals surface area contributed by atoms with Gasteiger partial charge >= 0.3 is 0 Å². The maximum atomic E-state index is 11.9. The molecule has 2 rings (SSSR count). The fraction of sp³-hybridized carbons (Fsp3) is 0.143. The van der Waals surface area contributed by atoms with Crippen molar-refractivity contribution in [3.63, 3.8) is 0 Å². The first kappa shape index (κ1) is 12.9. The van der Waals surface area contributed by atoms with Crippen LogP contribution in [0.1, 0.15) is 10.4 Å². The molecule has 0 saturated heterocycles. The smallest absolute Gasteiger partial charge is 0.255 e. The summed E-state index contributed by atoms with van der Waals surface area (Å²) >= 11 is 0. The van der Waals surface area contributed by atoms with E-state index in [0.29, 0.717) is 17.0 Å². The van der Waals surface area contributed by atoms with E-state index < -0.39 is 0 Å². The van der Waals surface area contributed by atoms with Gasteiger partial charge in [0, 0.05) is 19.3 Å². The molecule has 19 heavy (non-hydrogen) atoms. The molecule has 98 valence electrons. The largest absolute Gasteiger partial charge is 0.495 e. The third kappa shape index (κ3) is 2.49. The lowest BCUT2D eigenvalue weighted by molar-refractivity contribution is 0.0962. The van der Waals surface area contributed by atoms with Gasteiger partial charge < -0.3 is 10.1 Å². The number of carbonyl (C=O) groups is 1. The molecule has 0 spiro atoms. The molecule has 1 heterocycles. The zero-order chi connectivity index (χ0) is 13.8. The number of methoxy groups -OCH3 is 1. The van der Waals surface area contributed by atoms with Crippen molar-refractivity contribution >= 4 is 5.91 Å². The van der Waals surface area contributed by atoms with Gasteiger partial charge in [-0.1, -0.05) is 12.1 Å². The molecule has 0 unspecified atom stereocenters. The molecule has 0 aliphatic carbocycles. The molecule has 0 bridgehead atoms. The highest BCUT2D eigenvalue weighted by molar-refractivity contribution is 5.93. The first-order valence-electron chi connectivity index (χ1n) is 5.75. The lowest BCUT2D eigenvalue weighted by Crippen LogP contribution is -2.23. The Morgan fingerprint density at radius 3 is 2.63 bits per heavy atom. The second-order valence-electron chi connectivity index (χ2n) is 3.88. The van der Waals surface area contributed by atoms with E-state index in [1.807, 2.05) is 6.07 Å². The van der Waals surface area contributed by atoms with Crippen LogP contribution in [-0.2, 0) is 0 Å². The molecule has 5 heteroatoms. The summed E-state index contributed by atoms with van der Waals surface area (Å²) in [5, 5.41) is 2.52. The number of para-hydroxylation sites is 2. The number of rotatable bonds is 3. The van der Waals surface area contributed by atoms with E-state index in [9.17, 15) is 9.59 Å². The number of nitrogens with zero attached hydrogens (tertiary/aromatic N) is 1. The highest BCUT2D eigenvalue weighted by Gasteiger charge is 2.09. The minimum atomic E-state index is -0.247. The fourth-order valence-electron chi connectivity index (χ4n) is 1.78. The van der Waals surface area contributed by atoms with Crippen LogP contribution >= 0.6 is 0 Å². The number of amides is 1. The van der Waals surface area contributed by atoms with Crippen LogP contribution in [0.3, 0.4) is 0 Å². The van der Waals surface area contributed by atoms with Gasteiger partial charge in [0.05, 0.1) is 18.4 Å². The molecular weight excluding hydrogens is 244 g/mol. The normalized spacial score (nSPS) is 10.0. The molecule has 5 nitrogen and oxygen atoms in total. The van der Waals surface area contributed by atoms with Crippen LogP contribution in [0, 0.1) is 0 Å². The lowest BCUT2D eigenvalue weighted by Gasteiger charge is -2.11. The summed E-state index contributed by atoms with van der Waals surface area (Å²) in [4.78, 5) is 23.5. The third-order valence-corrected chi connectivity index (χ3v) is 2.75. The number of benzene rings is 1. The predicted octanol–water partition coefficient (Wildman–Crippen LogP) is 1.21. The molecule has 1 N–H and O–H groups in total. The van der Waals surface area contributed by atoms with Gasteiger partial charge in [-0.05, 0) is 18.2 Å². The van der Waals surface area contributed by atoms with Crippen LogP contribution in [0.15, 0.2) is 47.4 Å². The molecular formula is C14H14N2O3. The van der Waals surface area contributed by atoms with E-state index in [2.05, 4.69) is 5.32 Å². The Kier molecular flexibility index (Phi) is 3.66. The molecule has 0 aliphatic rings. The van der Waals surface area contributed by atoms with Gasteiger partial charge in [0.15, 0.2) is 0 Å². The molecule has 1 aromatic carbocycles. The first-order chi connectivity index (χ1) is 9.17. The summed E-state index contributed by atoms with van der Waals surface area (Å²) < 4.78 is 6.61. The average Bonchev–Trinajstić information content (AvgIpc) is 2.47. The number of aromatic nitrogens is 1. The van der Waals surface area contributed by atoms with Crippen molar-refractivity contribution in [3.05, 3.63) is 58.5 Å². The first-order valence-corrected chi connectivity index (χ1v) is 5.75. The van der Waals surface area contributed by atoms with Crippen molar-refractivity contribution in [1.82, 2.24) is 9.88 Å². The lowest BCUT2D eigenvalue weighted by atomic mass is 10.2. The van der Waals surface area contributed by atoms with Gasteiger partial charge in [-0.25, -0.2) is 0 Å². The van der Waals surface area contributed by atoms with Crippen LogP contribution in [0.5, 0.6) is 5.75 Å². The van der Waals surface area contributed by atoms with Crippen LogP contribution in [-0.4, -0.2) is 24.6 Å². The molecule has 1 amide bonds. The van der Waals surface area contributed by atoms with Gasteiger partial charge in [0.25, 0.3) is 11.5 Å². The van der Waals surface area contributed by atoms with Gasteiger partial charge in [0.1, 0.15) is 5.75 Å². The van der Waals surface area contributed by atoms with Gasteiger partial charge in [-0.3, -0.25) is 14.2 Å². The number of hydrogen-bond acceptors (Lipinski definition) is 3. The van der Waals surface area contributed by atoms with Crippen molar-refractivity contribution < 1.29 is 9.53 Å². The summed E-state index contributed by atoms with van der Waals surface area (Å²) in [5.41, 5.74) is 0.783. The maximum Gasteiger partial charge on any atom is 0.255 e. The van der Waals surface area contributed by atoms with Crippen molar-refractivity contribution in [2.24, 2.45) is 0 Å². The monoisotopic (exact) mass is 258 g/mol. The Morgan fingerprint density at radius 2 is 1.95 bits per heavy atom. The highest BCUT2D eigenvalue weighted by Crippen LogP contribution is 2.20. The average molecular weight is 258 g/mol. The summed E-state index contributed by atoms with van der Waals surface area (Å²) in [5.74, 6) is 0.322. The zero-order valence-corrected chi connectivity index (χ0v) is 10.7. The van der Waals surface area contributed by atoms with Crippen LogP contribution in [0.2, 0.25) is 0 Å². The van der Waals surface area contributed by atoms with Crippen LogP contribution in [0.4, 0.5) is 0 Å². The molecule has 0 atom stereocenters. The van der Waals surface area contributed by atoms with Gasteiger partial charge in [-0.15, -0.1) is 0 Å². The Balaban J connectivity index is 2.61. The molecule has 0 radical (unpaired) electrons. The van der Waals surface area contributed by atoms with E-state index >= 15 is 0 Å². The topological polar surface area (TPSA) is 60.3 Å². The van der Waals surface area contributed by atoms with E-state index in [-0.39, 0.29) is 11.5 Å².